The Labute approximate surface area is 202 Å². The number of hydrogen-bond donors (Lipinski definition) is 1. The summed E-state index contributed by atoms with van der Waals surface area (Å²) in [6.07, 6.45) is 0. The van der Waals surface area contributed by atoms with E-state index in [2.05, 4.69) is 26.6 Å². The molecule has 0 aliphatic rings. The van der Waals surface area contributed by atoms with E-state index in [-0.39, 0.29) is 5.91 Å². The number of anilines is 1. The largest absolute Gasteiger partial charge is 0.296 e. The lowest BCUT2D eigenvalue weighted by molar-refractivity contribution is 0.102. The number of nitrogens with one attached hydrogen (secondary N) is 1. The molecule has 0 aliphatic carbocycles. The van der Waals surface area contributed by atoms with Crippen LogP contribution in [0.15, 0.2) is 63.1 Å². The maximum Gasteiger partial charge on any atom is 0.258 e. The van der Waals surface area contributed by atoms with E-state index < -0.39 is 0 Å². The molecule has 0 saturated carbocycles. The van der Waals surface area contributed by atoms with Crippen LogP contribution in [-0.2, 0) is 11.5 Å². The number of amides is 1. The van der Waals surface area contributed by atoms with Gasteiger partial charge in [0, 0.05) is 21.8 Å². The van der Waals surface area contributed by atoms with Crippen molar-refractivity contribution in [1.82, 2.24) is 15.2 Å². The number of benzene rings is 2. The van der Waals surface area contributed by atoms with E-state index in [4.69, 9.17) is 5.26 Å². The number of thiazole rings is 1. The van der Waals surface area contributed by atoms with Crippen molar-refractivity contribution >= 4 is 57.2 Å². The van der Waals surface area contributed by atoms with Gasteiger partial charge in [-0.25, -0.2) is 4.98 Å². The quantitative estimate of drug-likeness (QED) is 0.236. The van der Waals surface area contributed by atoms with Crippen LogP contribution in [0.4, 0.5) is 5.13 Å². The van der Waals surface area contributed by atoms with Crippen molar-refractivity contribution in [2.24, 2.45) is 0 Å². The van der Waals surface area contributed by atoms with E-state index in [0.717, 1.165) is 25.5 Å². The molecule has 1 amide bonds. The Bertz CT molecular complexity index is 1260. The topological polar surface area (TPSA) is 91.6 Å². The van der Waals surface area contributed by atoms with Crippen LogP contribution in [-0.4, -0.2) is 21.1 Å². The standard InChI is InChI=1S/C22H17N5OS4/c1-14-24-17(12-29-14)13-30-19-5-3-2-4-18(19)20(28)25-21-26-27-22(32-21)31-11-16-8-6-15(10-23)7-9-16/h2-9,12H,11,13H2,1H3,(H,25,26,28). The maximum absolute atomic E-state index is 12.9. The van der Waals surface area contributed by atoms with Crippen molar-refractivity contribution in [1.29, 1.82) is 5.26 Å². The van der Waals surface area contributed by atoms with E-state index in [9.17, 15) is 4.79 Å². The molecule has 0 spiro atoms. The lowest BCUT2D eigenvalue weighted by Crippen LogP contribution is -2.12. The van der Waals surface area contributed by atoms with E-state index in [1.165, 1.54) is 11.3 Å². The predicted molar refractivity (Wildman–Crippen MR) is 131 cm³/mol. The average Bonchev–Trinajstić information content (AvgIpc) is 3.45. The van der Waals surface area contributed by atoms with Crippen LogP contribution < -0.4 is 5.32 Å². The summed E-state index contributed by atoms with van der Waals surface area (Å²) in [4.78, 5) is 18.2. The van der Waals surface area contributed by atoms with Crippen LogP contribution in [0.5, 0.6) is 0 Å². The maximum atomic E-state index is 12.9. The molecule has 2 aromatic heterocycles. The highest BCUT2D eigenvalue weighted by atomic mass is 32.2. The third-order valence-corrected chi connectivity index (χ3v) is 8.22. The number of nitriles is 1. The normalized spacial score (nSPS) is 10.6. The fraction of sp³-hybridized carbons (Fsp3) is 0.136. The van der Waals surface area contributed by atoms with Crippen molar-refractivity contribution in [3.8, 4) is 6.07 Å². The van der Waals surface area contributed by atoms with Crippen molar-refractivity contribution < 1.29 is 4.79 Å². The summed E-state index contributed by atoms with van der Waals surface area (Å²) < 4.78 is 0.770. The highest BCUT2D eigenvalue weighted by Crippen LogP contribution is 2.30. The lowest BCUT2D eigenvalue weighted by Gasteiger charge is -2.07. The van der Waals surface area contributed by atoms with Crippen LogP contribution in [0, 0.1) is 18.3 Å². The number of thioether (sulfide) groups is 2. The van der Waals surface area contributed by atoms with Crippen LogP contribution in [0.1, 0.15) is 32.2 Å². The monoisotopic (exact) mass is 495 g/mol. The molecule has 32 heavy (non-hydrogen) atoms. The predicted octanol–water partition coefficient (Wildman–Crippen LogP) is 6.01. The van der Waals surface area contributed by atoms with Crippen LogP contribution in [0.2, 0.25) is 0 Å². The Kier molecular flexibility index (Phi) is 7.55. The molecule has 10 heteroatoms. The third-order valence-electron chi connectivity index (χ3n) is 4.25. The molecule has 2 heterocycles. The number of aryl methyl sites for hydroxylation is 1. The van der Waals surface area contributed by atoms with Gasteiger partial charge in [-0.2, -0.15) is 5.26 Å². The highest BCUT2D eigenvalue weighted by Gasteiger charge is 2.15. The SMILES string of the molecule is Cc1nc(CSc2ccccc2C(=O)Nc2nnc(SCc3ccc(C#N)cc3)s2)cs1. The number of carbonyl (C=O) groups is 1. The van der Waals surface area contributed by atoms with E-state index in [1.54, 1.807) is 47.0 Å². The lowest BCUT2D eigenvalue weighted by atomic mass is 10.2. The van der Waals surface area contributed by atoms with Gasteiger partial charge in [0.25, 0.3) is 5.91 Å². The van der Waals surface area contributed by atoms with Gasteiger partial charge in [0.2, 0.25) is 5.13 Å². The Morgan fingerprint density at radius 3 is 2.66 bits per heavy atom. The minimum atomic E-state index is -0.206. The minimum absolute atomic E-state index is 0.206. The summed E-state index contributed by atoms with van der Waals surface area (Å²) in [6.45, 7) is 1.99. The smallest absolute Gasteiger partial charge is 0.258 e. The molecule has 4 aromatic rings. The number of rotatable bonds is 8. The van der Waals surface area contributed by atoms with Gasteiger partial charge >= 0.3 is 0 Å². The first-order valence-electron chi connectivity index (χ1n) is 9.50. The first kappa shape index (κ1) is 22.5. The zero-order chi connectivity index (χ0) is 22.3. The molecular formula is C22H17N5OS4. The number of hydrogen-bond acceptors (Lipinski definition) is 9. The van der Waals surface area contributed by atoms with Crippen molar-refractivity contribution in [2.75, 3.05) is 5.32 Å². The molecule has 0 aliphatic heterocycles. The first-order valence-corrected chi connectivity index (χ1v) is 13.2. The Hall–Kier alpha value is -2.71. The number of aromatic nitrogens is 3. The molecule has 0 bridgehead atoms. The number of carbonyl (C=O) groups excluding carboxylic acids is 1. The number of nitrogens with zero attached hydrogens (tertiary/aromatic N) is 4. The molecular weight excluding hydrogens is 479 g/mol. The summed E-state index contributed by atoms with van der Waals surface area (Å²) in [5.74, 6) is 1.22. The second-order valence-electron chi connectivity index (χ2n) is 6.57. The van der Waals surface area contributed by atoms with E-state index in [0.29, 0.717) is 27.8 Å². The fourth-order valence-electron chi connectivity index (χ4n) is 2.71. The second-order valence-corrected chi connectivity index (χ2v) is 10.8. The van der Waals surface area contributed by atoms with Gasteiger partial charge in [-0.05, 0) is 36.8 Å². The summed E-state index contributed by atoms with van der Waals surface area (Å²) in [7, 11) is 0. The molecule has 4 rings (SSSR count). The summed E-state index contributed by atoms with van der Waals surface area (Å²) in [5, 5.41) is 23.6. The van der Waals surface area contributed by atoms with Crippen molar-refractivity contribution in [3.05, 3.63) is 81.3 Å². The zero-order valence-electron chi connectivity index (χ0n) is 16.9. The summed E-state index contributed by atoms with van der Waals surface area (Å²) >= 11 is 6.10. The van der Waals surface area contributed by atoms with Crippen molar-refractivity contribution in [2.45, 2.75) is 27.7 Å². The highest BCUT2D eigenvalue weighted by molar-refractivity contribution is 8.00. The Morgan fingerprint density at radius 1 is 1.09 bits per heavy atom. The Balaban J connectivity index is 1.36. The van der Waals surface area contributed by atoms with Gasteiger partial charge in [-0.1, -0.05) is 47.4 Å². The molecule has 160 valence electrons. The van der Waals surface area contributed by atoms with Gasteiger partial charge in [0.05, 0.1) is 27.9 Å². The second kappa shape index (κ2) is 10.7. The van der Waals surface area contributed by atoms with E-state index in [1.807, 2.05) is 48.7 Å². The van der Waals surface area contributed by atoms with Crippen LogP contribution >= 0.6 is 46.2 Å². The molecule has 6 nitrogen and oxygen atoms in total. The van der Waals surface area contributed by atoms with Crippen molar-refractivity contribution in [3.63, 3.8) is 0 Å². The molecule has 0 radical (unpaired) electrons. The molecule has 0 fully saturated rings. The molecule has 0 unspecified atom stereocenters. The van der Waals surface area contributed by atoms with Crippen LogP contribution in [0.25, 0.3) is 0 Å². The molecule has 2 aromatic carbocycles. The summed E-state index contributed by atoms with van der Waals surface area (Å²) in [6, 6.07) is 17.1. The Morgan fingerprint density at radius 2 is 1.91 bits per heavy atom. The van der Waals surface area contributed by atoms with Gasteiger partial charge in [-0.3, -0.25) is 10.1 Å². The summed E-state index contributed by atoms with van der Waals surface area (Å²) in [5.41, 5.74) is 3.35. The molecule has 0 atom stereocenters. The molecule has 0 saturated heterocycles. The van der Waals surface area contributed by atoms with Gasteiger partial charge < -0.3 is 0 Å². The fourth-order valence-corrected chi connectivity index (χ4v) is 6.07. The minimum Gasteiger partial charge on any atom is -0.296 e. The zero-order valence-corrected chi connectivity index (χ0v) is 20.2. The van der Waals surface area contributed by atoms with Gasteiger partial charge in [-0.15, -0.1) is 33.3 Å². The molecule has 1 N–H and O–H groups in total. The van der Waals surface area contributed by atoms with E-state index >= 15 is 0 Å². The van der Waals surface area contributed by atoms with Gasteiger partial charge in [0.15, 0.2) is 4.34 Å². The van der Waals surface area contributed by atoms with Crippen LogP contribution in [0.3, 0.4) is 0 Å². The van der Waals surface area contributed by atoms with Gasteiger partial charge in [0.1, 0.15) is 0 Å². The third kappa shape index (κ3) is 5.95. The average molecular weight is 496 g/mol. The first-order chi connectivity index (χ1) is 15.6.